The third kappa shape index (κ3) is 4.62. The van der Waals surface area contributed by atoms with Gasteiger partial charge in [0.15, 0.2) is 0 Å². The lowest BCUT2D eigenvalue weighted by molar-refractivity contribution is 0.0159. The summed E-state index contributed by atoms with van der Waals surface area (Å²) in [4.78, 5) is 25.7. The summed E-state index contributed by atoms with van der Waals surface area (Å²) in [6.45, 7) is 9.75. The maximum atomic E-state index is 12.6. The number of aromatic nitrogens is 3. The van der Waals surface area contributed by atoms with E-state index in [1.54, 1.807) is 9.12 Å². The van der Waals surface area contributed by atoms with Crippen molar-refractivity contribution in [3.8, 4) is 11.1 Å². The Labute approximate surface area is 198 Å². The fraction of sp³-hybridized carbons (Fsp3) is 0.409. The molecule has 1 amide bonds. The van der Waals surface area contributed by atoms with Gasteiger partial charge in [0.05, 0.1) is 10.9 Å². The van der Waals surface area contributed by atoms with Gasteiger partial charge >= 0.3 is 6.09 Å². The number of rotatable bonds is 3. The molecule has 0 saturated carbocycles. The van der Waals surface area contributed by atoms with Gasteiger partial charge in [-0.15, -0.1) is 0 Å². The van der Waals surface area contributed by atoms with E-state index < -0.39 is 5.60 Å². The van der Waals surface area contributed by atoms with Crippen LogP contribution in [0.1, 0.15) is 27.7 Å². The molecule has 4 rings (SSSR count). The molecule has 9 heteroatoms. The minimum atomic E-state index is -0.499. The third-order valence-electron chi connectivity index (χ3n) is 5.28. The number of carbonyl (C=O) groups excluding carboxylic acids is 1. The number of nitrogens with zero attached hydrogens (tertiary/aromatic N) is 5. The molecule has 1 aliphatic heterocycles. The molecule has 1 unspecified atom stereocenters. The Morgan fingerprint density at radius 2 is 1.94 bits per heavy atom. The lowest BCUT2D eigenvalue weighted by Crippen LogP contribution is -2.55. The lowest BCUT2D eigenvalue weighted by Gasteiger charge is -2.41. The molecule has 0 aliphatic carbocycles. The molecule has 1 aliphatic rings. The van der Waals surface area contributed by atoms with Crippen LogP contribution in [0.2, 0.25) is 0 Å². The quantitative estimate of drug-likeness (QED) is 0.407. The summed E-state index contributed by atoms with van der Waals surface area (Å²) in [5, 5.41) is 1.12. The average Bonchev–Trinajstić information content (AvgIpc) is 3.12. The van der Waals surface area contributed by atoms with Crippen molar-refractivity contribution in [1.29, 1.82) is 0 Å². The number of piperazine rings is 1. The summed E-state index contributed by atoms with van der Waals surface area (Å²) in [6.07, 6.45) is 7.39. The van der Waals surface area contributed by atoms with Crippen LogP contribution in [0, 0.1) is 0 Å². The zero-order valence-electron chi connectivity index (χ0n) is 18.1. The molecule has 31 heavy (non-hydrogen) atoms. The van der Waals surface area contributed by atoms with Crippen molar-refractivity contribution in [2.75, 3.05) is 24.5 Å². The van der Waals surface area contributed by atoms with Gasteiger partial charge in [0.25, 0.3) is 0 Å². The fourth-order valence-corrected chi connectivity index (χ4v) is 5.27. The Bertz CT molecular complexity index is 1080. The van der Waals surface area contributed by atoms with Crippen LogP contribution < -0.4 is 4.90 Å². The van der Waals surface area contributed by atoms with Crippen molar-refractivity contribution in [3.63, 3.8) is 0 Å². The lowest BCUT2D eigenvalue weighted by atomic mass is 10.1. The first-order valence-corrected chi connectivity index (χ1v) is 13.5. The summed E-state index contributed by atoms with van der Waals surface area (Å²) in [5.74, 6) is 0.948. The van der Waals surface area contributed by atoms with Gasteiger partial charge in [-0.2, -0.15) is 0 Å². The second kappa shape index (κ2) is 8.85. The Morgan fingerprint density at radius 1 is 1.19 bits per heavy atom. The third-order valence-corrected chi connectivity index (χ3v) is 7.01. The van der Waals surface area contributed by atoms with E-state index in [2.05, 4.69) is 54.2 Å². The van der Waals surface area contributed by atoms with Crippen molar-refractivity contribution >= 4 is 53.1 Å². The van der Waals surface area contributed by atoms with E-state index in [4.69, 9.17) is 9.72 Å². The van der Waals surface area contributed by atoms with Crippen molar-refractivity contribution in [2.24, 2.45) is 0 Å². The van der Waals surface area contributed by atoms with Crippen molar-refractivity contribution < 1.29 is 9.53 Å². The smallest absolute Gasteiger partial charge is 0.410 e. The van der Waals surface area contributed by atoms with Gasteiger partial charge in [-0.05, 0) is 51.5 Å². The zero-order chi connectivity index (χ0) is 22.2. The van der Waals surface area contributed by atoms with Crippen LogP contribution >= 0.6 is 30.3 Å². The van der Waals surface area contributed by atoms with Gasteiger partial charge in [0.2, 0.25) is 0 Å². The van der Waals surface area contributed by atoms with E-state index in [1.165, 1.54) is 0 Å². The van der Waals surface area contributed by atoms with E-state index in [0.717, 1.165) is 27.8 Å². The molecule has 1 fully saturated rings. The van der Waals surface area contributed by atoms with Crippen LogP contribution in [0.3, 0.4) is 0 Å². The van der Waals surface area contributed by atoms with Gasteiger partial charge in [-0.25, -0.2) is 9.78 Å². The highest BCUT2D eigenvalue weighted by atomic mass is 127. The van der Waals surface area contributed by atoms with Crippen molar-refractivity contribution in [2.45, 2.75) is 39.3 Å². The summed E-state index contributed by atoms with van der Waals surface area (Å²) >= 11 is 2.30. The number of hydrogen-bond donors (Lipinski definition) is 0. The Balaban J connectivity index is 1.68. The van der Waals surface area contributed by atoms with Crippen LogP contribution in [0.15, 0.2) is 43.0 Å². The predicted octanol–water partition coefficient (Wildman–Crippen LogP) is 5.39. The first kappa shape index (κ1) is 22.2. The summed E-state index contributed by atoms with van der Waals surface area (Å²) in [6, 6.07) is 6.12. The SMILES string of the molecule is CC1CN(c2nccc3c2c(-c2ccncc2)cn3SI)CCN1C(=O)OC(C)(C)C. The van der Waals surface area contributed by atoms with Crippen LogP contribution in [0.4, 0.5) is 10.6 Å². The van der Waals surface area contributed by atoms with Gasteiger partial charge in [0.1, 0.15) is 11.4 Å². The maximum Gasteiger partial charge on any atom is 0.410 e. The molecule has 3 aromatic rings. The summed E-state index contributed by atoms with van der Waals surface area (Å²) in [7, 11) is 1.63. The molecule has 0 N–H and O–H groups in total. The number of carbonyl (C=O) groups is 1. The first-order chi connectivity index (χ1) is 14.8. The molecule has 164 valence electrons. The molecule has 1 atom stereocenters. The van der Waals surface area contributed by atoms with Gasteiger partial charge < -0.3 is 14.5 Å². The second-order valence-corrected chi connectivity index (χ2v) is 10.4. The molecule has 0 spiro atoms. The average molecular weight is 551 g/mol. The van der Waals surface area contributed by atoms with Gasteiger partial charge in [-0.1, -0.05) is 0 Å². The van der Waals surface area contributed by atoms with Crippen LogP contribution in [0.5, 0.6) is 0 Å². The zero-order valence-corrected chi connectivity index (χ0v) is 21.1. The maximum absolute atomic E-state index is 12.6. The monoisotopic (exact) mass is 551 g/mol. The Morgan fingerprint density at radius 3 is 2.58 bits per heavy atom. The van der Waals surface area contributed by atoms with E-state index in [-0.39, 0.29) is 12.1 Å². The molecule has 3 aromatic heterocycles. The van der Waals surface area contributed by atoms with Crippen LogP contribution in [-0.4, -0.2) is 56.2 Å². The summed E-state index contributed by atoms with van der Waals surface area (Å²) in [5.41, 5.74) is 2.87. The van der Waals surface area contributed by atoms with E-state index in [1.807, 2.05) is 56.4 Å². The predicted molar refractivity (Wildman–Crippen MR) is 135 cm³/mol. The molecular formula is C22H26IN5O2S. The van der Waals surface area contributed by atoms with E-state index >= 15 is 0 Å². The number of ether oxygens (including phenoxy) is 1. The van der Waals surface area contributed by atoms with Crippen LogP contribution in [0.25, 0.3) is 22.0 Å². The molecule has 0 radical (unpaired) electrons. The fourth-order valence-electron chi connectivity index (χ4n) is 3.92. The minimum absolute atomic E-state index is 0.0195. The Kier molecular flexibility index (Phi) is 6.34. The Hall–Kier alpha value is -2.01. The van der Waals surface area contributed by atoms with Crippen molar-refractivity contribution in [3.05, 3.63) is 43.0 Å². The number of halogens is 1. The van der Waals surface area contributed by atoms with Crippen LogP contribution in [-0.2, 0) is 4.74 Å². The number of fused-ring (bicyclic) bond motifs is 1. The van der Waals surface area contributed by atoms with Gasteiger partial charge in [-0.3, -0.25) is 8.96 Å². The molecular weight excluding hydrogens is 525 g/mol. The molecule has 1 saturated heterocycles. The highest BCUT2D eigenvalue weighted by Gasteiger charge is 2.32. The topological polar surface area (TPSA) is 63.5 Å². The minimum Gasteiger partial charge on any atom is -0.444 e. The second-order valence-electron chi connectivity index (χ2n) is 8.67. The molecule has 0 bridgehead atoms. The number of amides is 1. The number of pyridine rings is 2. The van der Waals surface area contributed by atoms with E-state index in [9.17, 15) is 4.79 Å². The molecule has 4 heterocycles. The highest BCUT2D eigenvalue weighted by molar-refractivity contribution is 14.2. The normalized spacial score (nSPS) is 17.3. The highest BCUT2D eigenvalue weighted by Crippen LogP contribution is 2.39. The van der Waals surface area contributed by atoms with Crippen molar-refractivity contribution in [1.82, 2.24) is 18.8 Å². The first-order valence-electron chi connectivity index (χ1n) is 10.2. The summed E-state index contributed by atoms with van der Waals surface area (Å²) < 4.78 is 7.76. The largest absolute Gasteiger partial charge is 0.444 e. The standard InChI is InChI=1S/C22H26IN5O2S/c1-15-13-26(11-12-27(15)21(29)30-22(2,3)4)20-19-17(16-5-8-24-9-6-16)14-28(31-23)18(19)7-10-25-20/h5-10,14-15H,11-13H2,1-4H3. The van der Waals surface area contributed by atoms with E-state index in [0.29, 0.717) is 19.6 Å². The number of anilines is 1. The molecule has 0 aromatic carbocycles. The molecule has 7 nitrogen and oxygen atoms in total. The van der Waals surface area contributed by atoms with Gasteiger partial charge in [0, 0.05) is 86.4 Å². The number of hydrogen-bond acceptors (Lipinski definition) is 6.